The highest BCUT2D eigenvalue weighted by molar-refractivity contribution is 5.14. The van der Waals surface area contributed by atoms with Gasteiger partial charge in [0.15, 0.2) is 0 Å². The fourth-order valence-corrected chi connectivity index (χ4v) is 3.73. The van der Waals surface area contributed by atoms with Crippen LogP contribution in [0.2, 0.25) is 0 Å². The van der Waals surface area contributed by atoms with Crippen molar-refractivity contribution >= 4 is 0 Å². The molecule has 2 aromatic rings. The molecule has 0 aromatic heterocycles. The molecule has 25 heavy (non-hydrogen) atoms. The van der Waals surface area contributed by atoms with Crippen molar-refractivity contribution in [3.05, 3.63) is 84.4 Å². The maximum absolute atomic E-state index is 6.03. The highest BCUT2D eigenvalue weighted by atomic mass is 16.5. The van der Waals surface area contributed by atoms with Crippen LogP contribution in [0.1, 0.15) is 24.0 Å². The average Bonchev–Trinajstić information content (AvgIpc) is 3.05. The zero-order valence-corrected chi connectivity index (χ0v) is 14.8. The van der Waals surface area contributed by atoms with E-state index in [0.29, 0.717) is 31.0 Å². The van der Waals surface area contributed by atoms with Crippen molar-refractivity contribution in [1.29, 1.82) is 0 Å². The zero-order valence-electron chi connectivity index (χ0n) is 14.8. The molecule has 132 valence electrons. The van der Waals surface area contributed by atoms with Crippen LogP contribution in [0.3, 0.4) is 0 Å². The Labute approximate surface area is 151 Å². The standard InChI is InChI=1S/C23H28O2/c1-2-21-13-14-22(17-24-15-19-9-5-3-6-10-19)23(21)18-25-16-20-11-7-4-8-12-20/h2-12,21-23H,1,13-18H2/t21-,22-,23-/m1/s1. The van der Waals surface area contributed by atoms with E-state index in [1.54, 1.807) is 0 Å². The molecule has 1 aliphatic carbocycles. The van der Waals surface area contributed by atoms with Crippen molar-refractivity contribution in [2.24, 2.45) is 17.8 Å². The number of ether oxygens (including phenoxy) is 2. The van der Waals surface area contributed by atoms with Gasteiger partial charge >= 0.3 is 0 Å². The Kier molecular flexibility index (Phi) is 6.84. The lowest BCUT2D eigenvalue weighted by molar-refractivity contribution is 0.0263. The minimum Gasteiger partial charge on any atom is -0.376 e. The molecule has 0 radical (unpaired) electrons. The highest BCUT2D eigenvalue weighted by Gasteiger charge is 2.34. The van der Waals surface area contributed by atoms with Crippen molar-refractivity contribution in [2.45, 2.75) is 26.1 Å². The maximum Gasteiger partial charge on any atom is 0.0717 e. The third kappa shape index (κ3) is 5.29. The van der Waals surface area contributed by atoms with Crippen LogP contribution < -0.4 is 0 Å². The van der Waals surface area contributed by atoms with Crippen LogP contribution in [-0.4, -0.2) is 13.2 Å². The molecule has 0 heterocycles. The Bertz CT molecular complexity index is 623. The van der Waals surface area contributed by atoms with Crippen LogP contribution in [0.15, 0.2) is 73.3 Å². The predicted octanol–water partition coefficient (Wildman–Crippen LogP) is 5.25. The lowest BCUT2D eigenvalue weighted by Gasteiger charge is -2.23. The van der Waals surface area contributed by atoms with Crippen molar-refractivity contribution in [2.75, 3.05) is 13.2 Å². The second-order valence-corrected chi connectivity index (χ2v) is 6.90. The lowest BCUT2D eigenvalue weighted by Crippen LogP contribution is -2.23. The molecule has 2 aromatic carbocycles. The van der Waals surface area contributed by atoms with Gasteiger partial charge in [-0.15, -0.1) is 6.58 Å². The molecule has 0 N–H and O–H groups in total. The van der Waals surface area contributed by atoms with Gasteiger partial charge < -0.3 is 9.47 Å². The molecule has 2 nitrogen and oxygen atoms in total. The summed E-state index contributed by atoms with van der Waals surface area (Å²) in [4.78, 5) is 0. The number of hydrogen-bond acceptors (Lipinski definition) is 2. The van der Waals surface area contributed by atoms with Gasteiger partial charge in [0.25, 0.3) is 0 Å². The number of rotatable bonds is 9. The summed E-state index contributed by atoms with van der Waals surface area (Å²) in [5.41, 5.74) is 2.46. The molecular weight excluding hydrogens is 308 g/mol. The number of benzene rings is 2. The molecule has 0 bridgehead atoms. The van der Waals surface area contributed by atoms with Gasteiger partial charge in [-0.25, -0.2) is 0 Å². The summed E-state index contributed by atoms with van der Waals surface area (Å²) in [6.45, 7) is 6.98. The first-order valence-electron chi connectivity index (χ1n) is 9.22. The highest BCUT2D eigenvalue weighted by Crippen LogP contribution is 2.38. The molecule has 1 fully saturated rings. The normalized spacial score (nSPS) is 22.8. The molecule has 0 aliphatic heterocycles. The first kappa shape index (κ1) is 17.9. The van der Waals surface area contributed by atoms with Crippen LogP contribution in [0.25, 0.3) is 0 Å². The van der Waals surface area contributed by atoms with E-state index in [1.165, 1.54) is 24.0 Å². The van der Waals surface area contributed by atoms with Crippen molar-refractivity contribution < 1.29 is 9.47 Å². The molecule has 0 unspecified atom stereocenters. The fourth-order valence-electron chi connectivity index (χ4n) is 3.73. The van der Waals surface area contributed by atoms with E-state index < -0.39 is 0 Å². The quantitative estimate of drug-likeness (QED) is 0.582. The third-order valence-corrected chi connectivity index (χ3v) is 5.19. The van der Waals surface area contributed by atoms with E-state index in [9.17, 15) is 0 Å². The van der Waals surface area contributed by atoms with Gasteiger partial charge in [-0.1, -0.05) is 66.7 Å². The van der Waals surface area contributed by atoms with E-state index in [0.717, 1.165) is 13.2 Å². The number of hydrogen-bond donors (Lipinski definition) is 0. The zero-order chi connectivity index (χ0) is 17.3. The predicted molar refractivity (Wildman–Crippen MR) is 102 cm³/mol. The van der Waals surface area contributed by atoms with Crippen LogP contribution >= 0.6 is 0 Å². The average molecular weight is 336 g/mol. The molecule has 0 amide bonds. The van der Waals surface area contributed by atoms with Gasteiger partial charge in [-0.3, -0.25) is 0 Å². The molecular formula is C23H28O2. The van der Waals surface area contributed by atoms with E-state index in [2.05, 4.69) is 61.2 Å². The Balaban J connectivity index is 1.47. The Morgan fingerprint density at radius 2 is 1.36 bits per heavy atom. The molecule has 0 spiro atoms. The molecule has 0 saturated heterocycles. The lowest BCUT2D eigenvalue weighted by atomic mass is 9.90. The van der Waals surface area contributed by atoms with Gasteiger partial charge in [0.05, 0.1) is 26.4 Å². The van der Waals surface area contributed by atoms with Crippen molar-refractivity contribution in [3.8, 4) is 0 Å². The first-order valence-corrected chi connectivity index (χ1v) is 9.22. The third-order valence-electron chi connectivity index (χ3n) is 5.19. The van der Waals surface area contributed by atoms with E-state index in [4.69, 9.17) is 9.47 Å². The second-order valence-electron chi connectivity index (χ2n) is 6.90. The summed E-state index contributed by atoms with van der Waals surface area (Å²) in [5.74, 6) is 1.61. The SMILES string of the molecule is C=C[C@@H]1CC[C@H](COCc2ccccc2)[C@@H]1COCc1ccccc1. The summed E-state index contributed by atoms with van der Waals surface area (Å²) in [5, 5.41) is 0. The Morgan fingerprint density at radius 3 is 1.92 bits per heavy atom. The fraction of sp³-hybridized carbons (Fsp3) is 0.391. The molecule has 3 rings (SSSR count). The summed E-state index contributed by atoms with van der Waals surface area (Å²) in [7, 11) is 0. The monoisotopic (exact) mass is 336 g/mol. The van der Waals surface area contributed by atoms with Gasteiger partial charge in [0.2, 0.25) is 0 Å². The smallest absolute Gasteiger partial charge is 0.0717 e. The Morgan fingerprint density at radius 1 is 0.800 bits per heavy atom. The van der Waals surface area contributed by atoms with Crippen LogP contribution in [0, 0.1) is 17.8 Å². The largest absolute Gasteiger partial charge is 0.376 e. The summed E-state index contributed by atoms with van der Waals surface area (Å²) < 4.78 is 12.0. The van der Waals surface area contributed by atoms with Gasteiger partial charge in [0.1, 0.15) is 0 Å². The number of allylic oxidation sites excluding steroid dienone is 1. The topological polar surface area (TPSA) is 18.5 Å². The minimum atomic E-state index is 0.511. The Hall–Kier alpha value is -1.90. The van der Waals surface area contributed by atoms with E-state index in [1.807, 2.05) is 12.1 Å². The molecule has 2 heteroatoms. The maximum atomic E-state index is 6.03. The summed E-state index contributed by atoms with van der Waals surface area (Å²) in [6.07, 6.45) is 4.50. The van der Waals surface area contributed by atoms with Crippen molar-refractivity contribution in [3.63, 3.8) is 0 Å². The summed E-state index contributed by atoms with van der Waals surface area (Å²) in [6, 6.07) is 20.7. The van der Waals surface area contributed by atoms with Gasteiger partial charge in [-0.2, -0.15) is 0 Å². The van der Waals surface area contributed by atoms with Gasteiger partial charge in [-0.05, 0) is 41.7 Å². The van der Waals surface area contributed by atoms with Gasteiger partial charge in [0, 0.05) is 0 Å². The van der Waals surface area contributed by atoms with Crippen LogP contribution in [0.5, 0.6) is 0 Å². The van der Waals surface area contributed by atoms with Crippen LogP contribution in [-0.2, 0) is 22.7 Å². The van der Waals surface area contributed by atoms with E-state index >= 15 is 0 Å². The first-order chi connectivity index (χ1) is 12.4. The second kappa shape index (κ2) is 9.55. The molecule has 3 atom stereocenters. The van der Waals surface area contributed by atoms with Crippen molar-refractivity contribution in [1.82, 2.24) is 0 Å². The minimum absolute atomic E-state index is 0.511. The summed E-state index contributed by atoms with van der Waals surface area (Å²) >= 11 is 0. The van der Waals surface area contributed by atoms with Crippen LogP contribution in [0.4, 0.5) is 0 Å². The molecule has 1 saturated carbocycles. The molecule has 1 aliphatic rings. The van der Waals surface area contributed by atoms with E-state index in [-0.39, 0.29) is 0 Å².